The lowest BCUT2D eigenvalue weighted by molar-refractivity contribution is 0.118. The maximum atomic E-state index is 5.26. The quantitative estimate of drug-likeness (QED) is 0.744. The van der Waals surface area contributed by atoms with Crippen LogP contribution in [0.5, 0.6) is 0 Å². The van der Waals surface area contributed by atoms with Gasteiger partial charge >= 0.3 is 0 Å². The molecular weight excluding hydrogens is 342 g/mol. The minimum atomic E-state index is -0.0406. The Labute approximate surface area is 148 Å². The number of hydrogen-bond acceptors (Lipinski definition) is 7. The number of rotatable bonds is 5. The van der Waals surface area contributed by atoms with E-state index in [-0.39, 0.29) is 6.10 Å². The molecule has 0 saturated carbocycles. The molecule has 0 aliphatic carbocycles. The smallest absolute Gasteiger partial charge is 0.210 e. The Balaban J connectivity index is 1.48. The lowest BCUT2D eigenvalue weighted by Crippen LogP contribution is -1.93. The van der Waals surface area contributed by atoms with Crippen LogP contribution >= 0.6 is 23.1 Å². The van der Waals surface area contributed by atoms with Gasteiger partial charge < -0.3 is 14.6 Å². The number of ether oxygens (including phenoxy) is 1. The van der Waals surface area contributed by atoms with Gasteiger partial charge in [-0.3, -0.25) is 0 Å². The molecule has 0 saturated heterocycles. The van der Waals surface area contributed by atoms with Gasteiger partial charge in [0.05, 0.1) is 5.69 Å². The van der Waals surface area contributed by atoms with Crippen LogP contribution in [0.1, 0.15) is 18.0 Å². The van der Waals surface area contributed by atoms with Crippen LogP contribution in [0, 0.1) is 0 Å². The summed E-state index contributed by atoms with van der Waals surface area (Å²) in [4.78, 5) is 4.68. The minimum Gasteiger partial charge on any atom is -0.374 e. The average Bonchev–Trinajstić information content (AvgIpc) is 3.30. The van der Waals surface area contributed by atoms with Crippen LogP contribution in [0.25, 0.3) is 11.3 Å². The first-order valence-corrected chi connectivity index (χ1v) is 9.47. The molecule has 3 aromatic rings. The Morgan fingerprint density at radius 1 is 1.25 bits per heavy atom. The van der Waals surface area contributed by atoms with Gasteiger partial charge in [-0.25, -0.2) is 4.98 Å². The number of fused-ring (bicyclic) bond motifs is 1. The third-order valence-corrected chi connectivity index (χ3v) is 5.85. The SMILES string of the molecule is COC(C)c1nnc(Nc2ccc(-c3cn4c(n3)SCC4)cc2)s1. The van der Waals surface area contributed by atoms with Crippen LogP contribution in [0.4, 0.5) is 10.8 Å². The fraction of sp³-hybridized carbons (Fsp3) is 0.312. The van der Waals surface area contributed by atoms with Crippen molar-refractivity contribution in [3.63, 3.8) is 0 Å². The number of aromatic nitrogens is 4. The molecule has 8 heteroatoms. The summed E-state index contributed by atoms with van der Waals surface area (Å²) in [7, 11) is 1.67. The molecule has 2 aromatic heterocycles. The van der Waals surface area contributed by atoms with Gasteiger partial charge in [-0.1, -0.05) is 35.2 Å². The Kier molecular flexibility index (Phi) is 4.26. The van der Waals surface area contributed by atoms with Gasteiger partial charge in [-0.05, 0) is 19.1 Å². The molecule has 3 heterocycles. The van der Waals surface area contributed by atoms with Crippen molar-refractivity contribution in [3.8, 4) is 11.3 Å². The Bertz CT molecular complexity index is 821. The van der Waals surface area contributed by atoms with Gasteiger partial charge in [0.15, 0.2) is 5.16 Å². The van der Waals surface area contributed by atoms with Crippen molar-refractivity contribution in [1.82, 2.24) is 19.7 Å². The first kappa shape index (κ1) is 15.6. The van der Waals surface area contributed by atoms with Crippen LogP contribution in [-0.4, -0.2) is 32.6 Å². The molecule has 1 aliphatic heterocycles. The summed E-state index contributed by atoms with van der Waals surface area (Å²) in [5.74, 6) is 1.12. The summed E-state index contributed by atoms with van der Waals surface area (Å²) >= 11 is 3.31. The van der Waals surface area contributed by atoms with E-state index in [9.17, 15) is 0 Å². The van der Waals surface area contributed by atoms with Crippen LogP contribution in [0.15, 0.2) is 35.6 Å². The highest BCUT2D eigenvalue weighted by molar-refractivity contribution is 7.99. The fourth-order valence-corrected chi connectivity index (χ4v) is 4.18. The zero-order valence-electron chi connectivity index (χ0n) is 13.4. The lowest BCUT2D eigenvalue weighted by atomic mass is 10.1. The van der Waals surface area contributed by atoms with E-state index in [1.807, 2.05) is 30.8 Å². The number of aryl methyl sites for hydroxylation is 1. The average molecular weight is 359 g/mol. The molecule has 1 unspecified atom stereocenters. The van der Waals surface area contributed by atoms with E-state index in [1.54, 1.807) is 7.11 Å². The van der Waals surface area contributed by atoms with Crippen LogP contribution in [0.2, 0.25) is 0 Å². The van der Waals surface area contributed by atoms with E-state index >= 15 is 0 Å². The Morgan fingerprint density at radius 3 is 2.83 bits per heavy atom. The van der Waals surface area contributed by atoms with Crippen molar-refractivity contribution in [2.45, 2.75) is 24.7 Å². The van der Waals surface area contributed by atoms with E-state index in [1.165, 1.54) is 11.3 Å². The Hall–Kier alpha value is -1.90. The number of methoxy groups -OCH3 is 1. The van der Waals surface area contributed by atoms with Crippen molar-refractivity contribution < 1.29 is 4.74 Å². The maximum absolute atomic E-state index is 5.26. The number of hydrogen-bond donors (Lipinski definition) is 1. The summed E-state index contributed by atoms with van der Waals surface area (Å²) in [5.41, 5.74) is 3.12. The molecule has 24 heavy (non-hydrogen) atoms. The second-order valence-corrected chi connectivity index (χ2v) is 7.55. The van der Waals surface area contributed by atoms with Gasteiger partial charge in [-0.2, -0.15) is 0 Å². The molecule has 4 rings (SSSR count). The molecule has 1 N–H and O–H groups in total. The van der Waals surface area contributed by atoms with E-state index in [2.05, 4.69) is 43.4 Å². The zero-order chi connectivity index (χ0) is 16.5. The number of imidazole rings is 1. The summed E-state index contributed by atoms with van der Waals surface area (Å²) in [6, 6.07) is 8.22. The second kappa shape index (κ2) is 6.54. The van der Waals surface area contributed by atoms with E-state index in [0.29, 0.717) is 0 Å². The molecule has 124 valence electrons. The topological polar surface area (TPSA) is 64.9 Å². The normalized spacial score (nSPS) is 14.6. The van der Waals surface area contributed by atoms with Gasteiger partial charge in [0.25, 0.3) is 0 Å². The highest BCUT2D eigenvalue weighted by Crippen LogP contribution is 2.30. The van der Waals surface area contributed by atoms with E-state index in [4.69, 9.17) is 4.74 Å². The van der Waals surface area contributed by atoms with Crippen LogP contribution in [0.3, 0.4) is 0 Å². The predicted octanol–water partition coefficient (Wildman–Crippen LogP) is 3.96. The summed E-state index contributed by atoms with van der Waals surface area (Å²) in [6.07, 6.45) is 2.09. The molecule has 6 nitrogen and oxygen atoms in total. The molecule has 1 aliphatic rings. The number of anilines is 2. The van der Waals surface area contributed by atoms with Crippen molar-refractivity contribution in [2.24, 2.45) is 0 Å². The fourth-order valence-electron chi connectivity index (χ4n) is 2.45. The maximum Gasteiger partial charge on any atom is 0.210 e. The van der Waals surface area contributed by atoms with Gasteiger partial charge in [-0.15, -0.1) is 10.2 Å². The van der Waals surface area contributed by atoms with Gasteiger partial charge in [0.2, 0.25) is 5.13 Å². The molecule has 1 atom stereocenters. The molecular formula is C16H17N5OS2. The summed E-state index contributed by atoms with van der Waals surface area (Å²) in [6.45, 7) is 3.01. The number of thioether (sulfide) groups is 1. The lowest BCUT2D eigenvalue weighted by Gasteiger charge is -2.04. The first-order chi connectivity index (χ1) is 11.7. The second-order valence-electron chi connectivity index (χ2n) is 5.48. The largest absolute Gasteiger partial charge is 0.374 e. The van der Waals surface area contributed by atoms with Crippen LogP contribution in [-0.2, 0) is 11.3 Å². The van der Waals surface area contributed by atoms with Gasteiger partial charge in [0.1, 0.15) is 11.1 Å². The third-order valence-electron chi connectivity index (χ3n) is 3.88. The summed E-state index contributed by atoms with van der Waals surface area (Å²) in [5, 5.41) is 14.3. The number of nitrogens with zero attached hydrogens (tertiary/aromatic N) is 4. The number of nitrogens with one attached hydrogen (secondary N) is 1. The summed E-state index contributed by atoms with van der Waals surface area (Å²) < 4.78 is 7.47. The molecule has 0 amide bonds. The number of benzene rings is 1. The van der Waals surface area contributed by atoms with Crippen LogP contribution < -0.4 is 5.32 Å². The molecule has 1 aromatic carbocycles. The molecule has 0 spiro atoms. The highest BCUT2D eigenvalue weighted by Gasteiger charge is 2.15. The van der Waals surface area contributed by atoms with Gasteiger partial charge in [0, 0.05) is 36.9 Å². The van der Waals surface area contributed by atoms with E-state index < -0.39 is 0 Å². The first-order valence-electron chi connectivity index (χ1n) is 7.66. The highest BCUT2D eigenvalue weighted by atomic mass is 32.2. The van der Waals surface area contributed by atoms with Crippen molar-refractivity contribution in [3.05, 3.63) is 35.5 Å². The van der Waals surface area contributed by atoms with Crippen molar-refractivity contribution >= 4 is 33.9 Å². The standard InChI is InChI=1S/C16H17N5OS2/c1-10(22-2)14-19-20-15(24-14)17-12-5-3-11(4-6-12)13-9-21-7-8-23-16(21)18-13/h3-6,9-10H,7-8H2,1-2H3,(H,17,20). The van der Waals surface area contributed by atoms with Crippen molar-refractivity contribution in [1.29, 1.82) is 0 Å². The van der Waals surface area contributed by atoms with E-state index in [0.717, 1.165) is 44.5 Å². The predicted molar refractivity (Wildman–Crippen MR) is 97.0 cm³/mol. The monoisotopic (exact) mass is 359 g/mol. The third kappa shape index (κ3) is 3.04. The Morgan fingerprint density at radius 2 is 2.08 bits per heavy atom. The molecule has 0 fully saturated rings. The molecule has 0 bridgehead atoms. The van der Waals surface area contributed by atoms with Crippen molar-refractivity contribution in [2.75, 3.05) is 18.2 Å². The zero-order valence-corrected chi connectivity index (χ0v) is 15.0. The minimum absolute atomic E-state index is 0.0406. The molecule has 0 radical (unpaired) electrons.